The molecule has 2 aromatic carbocycles. The molecule has 6 nitrogen and oxygen atoms in total. The number of nitrogens with zero attached hydrogens (tertiary/aromatic N) is 2. The molecular formula is C22H22F2N4O2S. The van der Waals surface area contributed by atoms with E-state index in [0.717, 1.165) is 11.0 Å². The van der Waals surface area contributed by atoms with Crippen molar-refractivity contribution in [1.29, 1.82) is 0 Å². The number of aromatic amines is 1. The van der Waals surface area contributed by atoms with Crippen molar-refractivity contribution < 1.29 is 18.4 Å². The molecule has 1 aliphatic heterocycles. The van der Waals surface area contributed by atoms with Crippen LogP contribution >= 0.6 is 11.8 Å². The van der Waals surface area contributed by atoms with Crippen molar-refractivity contribution in [2.45, 2.75) is 36.5 Å². The number of para-hydroxylation sites is 2. The van der Waals surface area contributed by atoms with Crippen molar-refractivity contribution in [3.05, 3.63) is 60.2 Å². The number of fused-ring (bicyclic) bond motifs is 1. The van der Waals surface area contributed by atoms with Crippen LogP contribution in [0.25, 0.3) is 11.0 Å². The molecule has 31 heavy (non-hydrogen) atoms. The predicted octanol–water partition coefficient (Wildman–Crippen LogP) is 3.77. The SMILES string of the molecule is O=C(NC(c1ccccc1)C(F)F)[C@@H]1CCCN1C(=O)CSc1nc2ccccc2[nH]1. The average molecular weight is 445 g/mol. The minimum Gasteiger partial charge on any atom is -0.342 e. The summed E-state index contributed by atoms with van der Waals surface area (Å²) in [6.45, 7) is 0.433. The first-order valence-corrected chi connectivity index (χ1v) is 11.0. The number of carbonyl (C=O) groups excluding carboxylic acids is 2. The third-order valence-electron chi connectivity index (χ3n) is 5.28. The van der Waals surface area contributed by atoms with Crippen LogP contribution in [0, 0.1) is 0 Å². The molecule has 1 aromatic heterocycles. The van der Waals surface area contributed by atoms with E-state index >= 15 is 0 Å². The summed E-state index contributed by atoms with van der Waals surface area (Å²) in [5, 5.41) is 3.06. The number of amides is 2. The quantitative estimate of drug-likeness (QED) is 0.544. The molecule has 2 atom stereocenters. The zero-order chi connectivity index (χ0) is 21.8. The van der Waals surface area contributed by atoms with E-state index in [1.165, 1.54) is 16.7 Å². The second-order valence-corrected chi connectivity index (χ2v) is 8.29. The molecule has 162 valence electrons. The Morgan fingerprint density at radius 3 is 2.65 bits per heavy atom. The van der Waals surface area contributed by atoms with Crippen LogP contribution in [-0.4, -0.2) is 51.4 Å². The predicted molar refractivity (Wildman–Crippen MR) is 115 cm³/mol. The highest BCUT2D eigenvalue weighted by Gasteiger charge is 2.36. The largest absolute Gasteiger partial charge is 0.342 e. The van der Waals surface area contributed by atoms with E-state index in [2.05, 4.69) is 15.3 Å². The van der Waals surface area contributed by atoms with Crippen LogP contribution in [0.3, 0.4) is 0 Å². The summed E-state index contributed by atoms with van der Waals surface area (Å²) < 4.78 is 27.2. The zero-order valence-corrected chi connectivity index (χ0v) is 17.4. The zero-order valence-electron chi connectivity index (χ0n) is 16.6. The van der Waals surface area contributed by atoms with E-state index < -0.39 is 24.4 Å². The van der Waals surface area contributed by atoms with Gasteiger partial charge in [-0.1, -0.05) is 54.2 Å². The number of aromatic nitrogens is 2. The Kier molecular flexibility index (Phi) is 6.50. The highest BCUT2D eigenvalue weighted by molar-refractivity contribution is 7.99. The molecule has 0 spiro atoms. The van der Waals surface area contributed by atoms with Gasteiger partial charge in [0, 0.05) is 6.54 Å². The maximum atomic E-state index is 13.6. The summed E-state index contributed by atoms with van der Waals surface area (Å²) in [7, 11) is 0. The van der Waals surface area contributed by atoms with Crippen molar-refractivity contribution in [3.8, 4) is 0 Å². The van der Waals surface area contributed by atoms with E-state index in [4.69, 9.17) is 0 Å². The number of H-pyrrole nitrogens is 1. The van der Waals surface area contributed by atoms with Crippen molar-refractivity contribution >= 4 is 34.6 Å². The van der Waals surface area contributed by atoms with Crippen LogP contribution in [0.5, 0.6) is 0 Å². The summed E-state index contributed by atoms with van der Waals surface area (Å²) >= 11 is 1.26. The molecule has 1 saturated heterocycles. The molecule has 2 heterocycles. The van der Waals surface area contributed by atoms with Crippen LogP contribution in [0.4, 0.5) is 8.78 Å². The first-order valence-electron chi connectivity index (χ1n) is 10.0. The molecule has 1 aliphatic rings. The van der Waals surface area contributed by atoms with Crippen LogP contribution in [0.1, 0.15) is 24.4 Å². The number of imidazole rings is 1. The summed E-state index contributed by atoms with van der Waals surface area (Å²) in [6, 6.07) is 13.6. The number of likely N-dealkylation sites (tertiary alicyclic amines) is 1. The fourth-order valence-corrected chi connectivity index (χ4v) is 4.52. The monoisotopic (exact) mass is 444 g/mol. The minimum absolute atomic E-state index is 0.112. The fraction of sp³-hybridized carbons (Fsp3) is 0.318. The van der Waals surface area contributed by atoms with Gasteiger partial charge in [0.2, 0.25) is 11.8 Å². The molecule has 4 rings (SSSR count). The number of rotatable bonds is 7. The number of hydrogen-bond donors (Lipinski definition) is 2. The summed E-state index contributed by atoms with van der Waals surface area (Å²) in [4.78, 5) is 34.6. The Morgan fingerprint density at radius 1 is 1.16 bits per heavy atom. The Balaban J connectivity index is 1.39. The van der Waals surface area contributed by atoms with Gasteiger partial charge in [0.15, 0.2) is 5.16 Å². The molecule has 2 amide bonds. The smallest absolute Gasteiger partial charge is 0.262 e. The van der Waals surface area contributed by atoms with Crippen LogP contribution < -0.4 is 5.32 Å². The highest BCUT2D eigenvalue weighted by Crippen LogP contribution is 2.25. The number of benzene rings is 2. The first-order chi connectivity index (χ1) is 15.0. The van der Waals surface area contributed by atoms with Gasteiger partial charge in [0.25, 0.3) is 6.43 Å². The lowest BCUT2D eigenvalue weighted by Crippen LogP contribution is -2.48. The van der Waals surface area contributed by atoms with Gasteiger partial charge in [0.05, 0.1) is 16.8 Å². The van der Waals surface area contributed by atoms with Crippen molar-refractivity contribution in [2.24, 2.45) is 0 Å². The number of hydrogen-bond acceptors (Lipinski definition) is 4. The average Bonchev–Trinajstić information content (AvgIpc) is 3.43. The lowest BCUT2D eigenvalue weighted by Gasteiger charge is -2.26. The van der Waals surface area contributed by atoms with E-state index in [9.17, 15) is 18.4 Å². The van der Waals surface area contributed by atoms with Crippen LogP contribution in [0.2, 0.25) is 0 Å². The lowest BCUT2D eigenvalue weighted by molar-refractivity contribution is -0.137. The lowest BCUT2D eigenvalue weighted by atomic mass is 10.1. The molecule has 0 bridgehead atoms. The molecular weight excluding hydrogens is 422 g/mol. The number of carbonyl (C=O) groups is 2. The third-order valence-corrected chi connectivity index (χ3v) is 6.14. The number of nitrogens with one attached hydrogen (secondary N) is 2. The minimum atomic E-state index is -2.75. The second kappa shape index (κ2) is 9.47. The summed E-state index contributed by atoms with van der Waals surface area (Å²) in [6.07, 6.45) is -1.64. The molecule has 9 heteroatoms. The normalized spacial score (nSPS) is 17.3. The Morgan fingerprint density at radius 2 is 1.90 bits per heavy atom. The van der Waals surface area contributed by atoms with E-state index in [1.807, 2.05) is 24.3 Å². The van der Waals surface area contributed by atoms with E-state index in [-0.39, 0.29) is 11.7 Å². The topological polar surface area (TPSA) is 78.1 Å². The van der Waals surface area contributed by atoms with Gasteiger partial charge in [-0.3, -0.25) is 9.59 Å². The van der Waals surface area contributed by atoms with E-state index in [0.29, 0.717) is 30.1 Å². The van der Waals surface area contributed by atoms with Gasteiger partial charge in [-0.25, -0.2) is 13.8 Å². The molecule has 1 unspecified atom stereocenters. The van der Waals surface area contributed by atoms with Crippen molar-refractivity contribution in [3.63, 3.8) is 0 Å². The molecule has 1 fully saturated rings. The van der Waals surface area contributed by atoms with Crippen LogP contribution in [0.15, 0.2) is 59.8 Å². The van der Waals surface area contributed by atoms with Crippen molar-refractivity contribution in [2.75, 3.05) is 12.3 Å². The van der Waals surface area contributed by atoms with Gasteiger partial charge in [-0.05, 0) is 30.5 Å². The Bertz CT molecular complexity index is 1030. The Labute approximate surface area is 182 Å². The summed E-state index contributed by atoms with van der Waals surface area (Å²) in [5.41, 5.74) is 2.03. The van der Waals surface area contributed by atoms with Gasteiger partial charge < -0.3 is 15.2 Å². The molecule has 0 aliphatic carbocycles. The number of thioether (sulfide) groups is 1. The molecule has 2 N–H and O–H groups in total. The second-order valence-electron chi connectivity index (χ2n) is 7.32. The Hall–Kier alpha value is -2.94. The van der Waals surface area contributed by atoms with Gasteiger partial charge in [0.1, 0.15) is 12.1 Å². The summed E-state index contributed by atoms with van der Waals surface area (Å²) in [5.74, 6) is -0.647. The number of alkyl halides is 2. The third kappa shape index (κ3) is 4.87. The highest BCUT2D eigenvalue weighted by atomic mass is 32.2. The van der Waals surface area contributed by atoms with E-state index in [1.54, 1.807) is 30.3 Å². The molecule has 3 aromatic rings. The van der Waals surface area contributed by atoms with Gasteiger partial charge in [-0.2, -0.15) is 0 Å². The standard InChI is InChI=1S/C22H22F2N4O2S/c23-20(24)19(14-7-2-1-3-8-14)27-21(30)17-11-6-12-28(17)18(29)13-31-22-25-15-9-4-5-10-16(15)26-22/h1-5,7-10,17,19-20H,6,11-13H2,(H,25,26)(H,27,30)/t17-,19?/m0/s1. The van der Waals surface area contributed by atoms with Crippen LogP contribution in [-0.2, 0) is 9.59 Å². The van der Waals surface area contributed by atoms with Gasteiger partial charge in [-0.15, -0.1) is 0 Å². The number of halogens is 2. The van der Waals surface area contributed by atoms with Gasteiger partial charge >= 0.3 is 0 Å². The first kappa shape index (κ1) is 21.3. The molecule has 0 saturated carbocycles. The molecule has 0 radical (unpaired) electrons. The fourth-order valence-electron chi connectivity index (χ4n) is 3.75. The van der Waals surface area contributed by atoms with Crippen molar-refractivity contribution in [1.82, 2.24) is 20.2 Å². The maximum absolute atomic E-state index is 13.6. The maximum Gasteiger partial charge on any atom is 0.262 e.